The Morgan fingerprint density at radius 2 is 1.42 bits per heavy atom. The Hall–Kier alpha value is -1.26. The lowest BCUT2D eigenvalue weighted by Gasteiger charge is -2.31. The van der Waals surface area contributed by atoms with Crippen LogP contribution in [-0.2, 0) is 20.0 Å². The highest BCUT2D eigenvalue weighted by molar-refractivity contribution is 9.10. The number of halogens is 1. The number of nitrogens with one attached hydrogen (secondary N) is 1. The number of sulfonamides is 2. The summed E-state index contributed by atoms with van der Waals surface area (Å²) in [7, 11) is -7.16. The second kappa shape index (κ2) is 7.77. The van der Waals surface area contributed by atoms with Crippen molar-refractivity contribution in [2.24, 2.45) is 0 Å². The predicted molar refractivity (Wildman–Crippen MR) is 103 cm³/mol. The van der Waals surface area contributed by atoms with Crippen LogP contribution in [0.5, 0.6) is 0 Å². The lowest BCUT2D eigenvalue weighted by Crippen LogP contribution is -2.46. The number of benzene rings is 2. The van der Waals surface area contributed by atoms with Gasteiger partial charge in [-0.05, 0) is 49.2 Å². The van der Waals surface area contributed by atoms with Crippen LogP contribution >= 0.6 is 15.9 Å². The van der Waals surface area contributed by atoms with E-state index in [1.165, 1.54) is 16.4 Å². The molecule has 0 aliphatic carbocycles. The molecular weight excluding hydrogens is 440 g/mol. The minimum Gasteiger partial charge on any atom is -0.208 e. The SMILES string of the molecule is O=S(=O)(NC1CCN(S(=O)(=O)c2ccc(Br)cc2)CC1)c1ccccc1. The fourth-order valence-corrected chi connectivity index (χ4v) is 5.92. The monoisotopic (exact) mass is 458 g/mol. The molecule has 1 fully saturated rings. The number of hydrogen-bond acceptors (Lipinski definition) is 4. The van der Waals surface area contributed by atoms with E-state index in [1.807, 2.05) is 0 Å². The maximum atomic E-state index is 12.7. The molecule has 0 saturated carbocycles. The lowest BCUT2D eigenvalue weighted by molar-refractivity contribution is 0.308. The Kier molecular flexibility index (Phi) is 5.83. The van der Waals surface area contributed by atoms with Crippen LogP contribution in [0.1, 0.15) is 12.8 Å². The quantitative estimate of drug-likeness (QED) is 0.745. The fraction of sp³-hybridized carbons (Fsp3) is 0.294. The van der Waals surface area contributed by atoms with E-state index in [0.29, 0.717) is 12.8 Å². The number of hydrogen-bond donors (Lipinski definition) is 1. The van der Waals surface area contributed by atoms with Crippen molar-refractivity contribution in [2.75, 3.05) is 13.1 Å². The van der Waals surface area contributed by atoms with Gasteiger partial charge in [0.05, 0.1) is 9.79 Å². The number of piperidine rings is 1. The van der Waals surface area contributed by atoms with E-state index in [9.17, 15) is 16.8 Å². The molecule has 0 atom stereocenters. The molecule has 0 amide bonds. The van der Waals surface area contributed by atoms with Crippen LogP contribution in [0.25, 0.3) is 0 Å². The molecule has 0 spiro atoms. The van der Waals surface area contributed by atoms with Crippen molar-refractivity contribution in [3.05, 3.63) is 59.1 Å². The average molecular weight is 459 g/mol. The van der Waals surface area contributed by atoms with E-state index in [-0.39, 0.29) is 28.9 Å². The van der Waals surface area contributed by atoms with Crippen LogP contribution in [0.2, 0.25) is 0 Å². The van der Waals surface area contributed by atoms with Crippen molar-refractivity contribution in [3.8, 4) is 0 Å². The van der Waals surface area contributed by atoms with E-state index < -0.39 is 20.0 Å². The van der Waals surface area contributed by atoms with Gasteiger partial charge < -0.3 is 0 Å². The minimum atomic E-state index is -3.59. The van der Waals surface area contributed by atoms with Crippen molar-refractivity contribution < 1.29 is 16.8 Å². The van der Waals surface area contributed by atoms with Gasteiger partial charge in [0.15, 0.2) is 0 Å². The van der Waals surface area contributed by atoms with Crippen molar-refractivity contribution in [2.45, 2.75) is 28.7 Å². The molecule has 9 heteroatoms. The standard InChI is InChI=1S/C17H19BrN2O4S2/c18-14-6-8-17(9-7-14)26(23,24)20-12-10-15(11-13-20)19-25(21,22)16-4-2-1-3-5-16/h1-9,15,19H,10-13H2. The Balaban J connectivity index is 1.65. The summed E-state index contributed by atoms with van der Waals surface area (Å²) in [5.74, 6) is 0. The maximum absolute atomic E-state index is 12.7. The van der Waals surface area contributed by atoms with Gasteiger partial charge in [0.2, 0.25) is 20.0 Å². The summed E-state index contributed by atoms with van der Waals surface area (Å²) in [4.78, 5) is 0.453. The zero-order chi connectivity index (χ0) is 18.8. The Labute approximate surface area is 162 Å². The molecule has 0 unspecified atom stereocenters. The largest absolute Gasteiger partial charge is 0.243 e. The second-order valence-corrected chi connectivity index (χ2v) is 10.6. The van der Waals surface area contributed by atoms with Crippen molar-refractivity contribution in [3.63, 3.8) is 0 Å². The molecule has 1 aliphatic rings. The van der Waals surface area contributed by atoms with Gasteiger partial charge in [-0.1, -0.05) is 34.1 Å². The molecule has 2 aromatic rings. The summed E-state index contributed by atoms with van der Waals surface area (Å²) in [6.07, 6.45) is 0.865. The van der Waals surface area contributed by atoms with Gasteiger partial charge in [-0.3, -0.25) is 0 Å². The molecule has 0 bridgehead atoms. The molecule has 1 heterocycles. The Morgan fingerprint density at radius 1 is 0.846 bits per heavy atom. The summed E-state index contributed by atoms with van der Waals surface area (Å²) in [6, 6.07) is 14.4. The van der Waals surface area contributed by atoms with Crippen LogP contribution in [0.3, 0.4) is 0 Å². The van der Waals surface area contributed by atoms with Gasteiger partial charge in [-0.2, -0.15) is 4.31 Å². The van der Waals surface area contributed by atoms with E-state index in [1.54, 1.807) is 42.5 Å². The van der Waals surface area contributed by atoms with Crippen molar-refractivity contribution in [1.82, 2.24) is 9.03 Å². The third-order valence-electron chi connectivity index (χ3n) is 4.28. The molecule has 0 aromatic heterocycles. The lowest BCUT2D eigenvalue weighted by atomic mass is 10.1. The van der Waals surface area contributed by atoms with Crippen molar-refractivity contribution >= 4 is 36.0 Å². The second-order valence-electron chi connectivity index (χ2n) is 6.07. The summed E-state index contributed by atoms with van der Waals surface area (Å²) >= 11 is 3.29. The van der Waals surface area contributed by atoms with Gasteiger partial charge in [0, 0.05) is 23.6 Å². The van der Waals surface area contributed by atoms with E-state index in [2.05, 4.69) is 20.7 Å². The fourth-order valence-electron chi connectivity index (χ4n) is 2.86. The van der Waals surface area contributed by atoms with Gasteiger partial charge in [0.1, 0.15) is 0 Å². The topological polar surface area (TPSA) is 83.6 Å². The summed E-state index contributed by atoms with van der Waals surface area (Å²) in [5.41, 5.74) is 0. The molecule has 2 aromatic carbocycles. The molecule has 0 radical (unpaired) electrons. The molecule has 140 valence electrons. The van der Waals surface area contributed by atoms with Crippen LogP contribution in [0.4, 0.5) is 0 Å². The van der Waals surface area contributed by atoms with Gasteiger partial charge >= 0.3 is 0 Å². The van der Waals surface area contributed by atoms with Crippen LogP contribution < -0.4 is 4.72 Å². The van der Waals surface area contributed by atoms with E-state index in [0.717, 1.165) is 4.47 Å². The van der Waals surface area contributed by atoms with E-state index >= 15 is 0 Å². The Morgan fingerprint density at radius 3 is 2.00 bits per heavy atom. The predicted octanol–water partition coefficient (Wildman–Crippen LogP) is 2.58. The summed E-state index contributed by atoms with van der Waals surface area (Å²) in [5, 5.41) is 0. The summed E-state index contributed by atoms with van der Waals surface area (Å²) in [6.45, 7) is 0.556. The highest BCUT2D eigenvalue weighted by Crippen LogP contribution is 2.23. The first-order valence-electron chi connectivity index (χ1n) is 8.12. The first kappa shape index (κ1) is 19.5. The zero-order valence-electron chi connectivity index (χ0n) is 13.9. The first-order valence-corrected chi connectivity index (χ1v) is 11.8. The smallest absolute Gasteiger partial charge is 0.208 e. The van der Waals surface area contributed by atoms with Gasteiger partial charge in [-0.15, -0.1) is 0 Å². The zero-order valence-corrected chi connectivity index (χ0v) is 17.1. The van der Waals surface area contributed by atoms with Gasteiger partial charge in [-0.25, -0.2) is 21.6 Å². The number of nitrogens with zero attached hydrogens (tertiary/aromatic N) is 1. The maximum Gasteiger partial charge on any atom is 0.243 e. The third-order valence-corrected chi connectivity index (χ3v) is 8.26. The molecule has 1 N–H and O–H groups in total. The molecule has 1 aliphatic heterocycles. The minimum absolute atomic E-state index is 0.213. The first-order chi connectivity index (χ1) is 12.3. The third kappa shape index (κ3) is 4.34. The average Bonchev–Trinajstić information content (AvgIpc) is 2.63. The van der Waals surface area contributed by atoms with Crippen molar-refractivity contribution in [1.29, 1.82) is 0 Å². The molecule has 26 heavy (non-hydrogen) atoms. The van der Waals surface area contributed by atoms with E-state index in [4.69, 9.17) is 0 Å². The highest BCUT2D eigenvalue weighted by Gasteiger charge is 2.31. The Bertz CT molecular complexity index is 954. The van der Waals surface area contributed by atoms with Crippen LogP contribution in [0, 0.1) is 0 Å². The van der Waals surface area contributed by atoms with Crippen LogP contribution in [-0.4, -0.2) is 40.3 Å². The van der Waals surface area contributed by atoms with Crippen LogP contribution in [0.15, 0.2) is 68.9 Å². The highest BCUT2D eigenvalue weighted by atomic mass is 79.9. The number of rotatable bonds is 5. The van der Waals surface area contributed by atoms with Gasteiger partial charge in [0.25, 0.3) is 0 Å². The summed E-state index contributed by atoms with van der Waals surface area (Å²) < 4.78 is 55.0. The normalized spacial score (nSPS) is 17.3. The molecule has 6 nitrogen and oxygen atoms in total. The molecule has 3 rings (SSSR count). The molecular formula is C17H19BrN2O4S2. The molecule has 1 saturated heterocycles.